The Kier molecular flexibility index (Phi) is 3.68. The molecule has 5 heteroatoms. The second-order valence-corrected chi connectivity index (χ2v) is 5.19. The monoisotopic (exact) mass is 248 g/mol. The topological polar surface area (TPSA) is 50.7 Å². The van der Waals surface area contributed by atoms with Gasteiger partial charge in [-0.1, -0.05) is 6.92 Å². The summed E-state index contributed by atoms with van der Waals surface area (Å²) >= 11 is 1.71. The molecule has 0 fully saturated rings. The van der Waals surface area contributed by atoms with Gasteiger partial charge in [0, 0.05) is 22.8 Å². The summed E-state index contributed by atoms with van der Waals surface area (Å²) in [7, 11) is 0. The van der Waals surface area contributed by atoms with Gasteiger partial charge in [0.1, 0.15) is 17.2 Å². The first kappa shape index (κ1) is 12.0. The maximum Gasteiger partial charge on any atom is 0.130 e. The molecule has 1 unspecified atom stereocenters. The standard InChI is InChI=1S/C12H16N4S/c1-4-10-5-11(15-7-14-10)16-9(3)12-13-6-8(2)17-12/h5-7,9H,4H2,1-3H3,(H,14,15,16). The molecular weight excluding hydrogens is 232 g/mol. The van der Waals surface area contributed by atoms with Crippen molar-refractivity contribution in [3.05, 3.63) is 34.2 Å². The van der Waals surface area contributed by atoms with E-state index >= 15 is 0 Å². The second-order valence-electron chi connectivity index (χ2n) is 3.92. The number of nitrogens with zero attached hydrogens (tertiary/aromatic N) is 3. The largest absolute Gasteiger partial charge is 0.361 e. The van der Waals surface area contributed by atoms with Crippen molar-refractivity contribution in [2.45, 2.75) is 33.2 Å². The quantitative estimate of drug-likeness (QED) is 0.903. The molecule has 90 valence electrons. The molecule has 0 spiro atoms. The molecule has 0 radical (unpaired) electrons. The molecule has 1 N–H and O–H groups in total. The van der Waals surface area contributed by atoms with Crippen molar-refractivity contribution in [3.63, 3.8) is 0 Å². The van der Waals surface area contributed by atoms with Gasteiger partial charge < -0.3 is 5.32 Å². The van der Waals surface area contributed by atoms with Crippen LogP contribution in [0, 0.1) is 6.92 Å². The summed E-state index contributed by atoms with van der Waals surface area (Å²) in [6, 6.07) is 2.16. The van der Waals surface area contributed by atoms with Crippen LogP contribution in [0.2, 0.25) is 0 Å². The Bertz CT molecular complexity index is 495. The predicted molar refractivity (Wildman–Crippen MR) is 70.3 cm³/mol. The number of hydrogen-bond donors (Lipinski definition) is 1. The van der Waals surface area contributed by atoms with Gasteiger partial charge in [-0.3, -0.25) is 0 Å². The van der Waals surface area contributed by atoms with Gasteiger partial charge in [0.05, 0.1) is 6.04 Å². The van der Waals surface area contributed by atoms with Gasteiger partial charge in [-0.2, -0.15) is 0 Å². The van der Waals surface area contributed by atoms with E-state index in [4.69, 9.17) is 0 Å². The van der Waals surface area contributed by atoms with Gasteiger partial charge >= 0.3 is 0 Å². The molecule has 0 aliphatic carbocycles. The van der Waals surface area contributed by atoms with E-state index in [0.717, 1.165) is 22.9 Å². The lowest BCUT2D eigenvalue weighted by Gasteiger charge is -2.11. The maximum absolute atomic E-state index is 4.37. The van der Waals surface area contributed by atoms with Gasteiger partial charge in [-0.15, -0.1) is 11.3 Å². The number of aromatic nitrogens is 3. The number of rotatable bonds is 4. The molecule has 2 rings (SSSR count). The van der Waals surface area contributed by atoms with Crippen LogP contribution in [0.4, 0.5) is 5.82 Å². The average Bonchev–Trinajstić information content (AvgIpc) is 2.76. The van der Waals surface area contributed by atoms with Crippen LogP contribution in [0.5, 0.6) is 0 Å². The normalized spacial score (nSPS) is 12.4. The molecule has 4 nitrogen and oxygen atoms in total. The van der Waals surface area contributed by atoms with E-state index in [9.17, 15) is 0 Å². The van der Waals surface area contributed by atoms with Gasteiger partial charge in [0.2, 0.25) is 0 Å². The molecule has 0 bridgehead atoms. The van der Waals surface area contributed by atoms with Crippen LogP contribution >= 0.6 is 11.3 Å². The van der Waals surface area contributed by atoms with E-state index in [0.29, 0.717) is 0 Å². The summed E-state index contributed by atoms with van der Waals surface area (Å²) in [6.45, 7) is 6.24. The molecule has 0 amide bonds. The molecular formula is C12H16N4S. The molecule has 1 atom stereocenters. The smallest absolute Gasteiger partial charge is 0.130 e. The minimum atomic E-state index is 0.174. The summed E-state index contributed by atoms with van der Waals surface area (Å²) in [5, 5.41) is 4.43. The van der Waals surface area contributed by atoms with Crippen LogP contribution in [-0.2, 0) is 6.42 Å². The van der Waals surface area contributed by atoms with Crippen molar-refractivity contribution in [2.75, 3.05) is 5.32 Å². The first-order valence-electron chi connectivity index (χ1n) is 5.69. The zero-order valence-electron chi connectivity index (χ0n) is 10.3. The zero-order valence-corrected chi connectivity index (χ0v) is 11.1. The summed E-state index contributed by atoms with van der Waals surface area (Å²) in [5.41, 5.74) is 1.05. The van der Waals surface area contributed by atoms with Crippen molar-refractivity contribution in [1.82, 2.24) is 15.0 Å². The Labute approximate surface area is 105 Å². The number of anilines is 1. The predicted octanol–water partition coefficient (Wildman–Crippen LogP) is 2.98. The van der Waals surface area contributed by atoms with Crippen LogP contribution in [0.15, 0.2) is 18.6 Å². The lowest BCUT2D eigenvalue weighted by molar-refractivity contribution is 0.854. The van der Waals surface area contributed by atoms with Gasteiger partial charge in [0.15, 0.2) is 0 Å². The number of thiazole rings is 1. The van der Waals surface area contributed by atoms with Crippen LogP contribution in [0.3, 0.4) is 0 Å². The fourth-order valence-corrected chi connectivity index (χ4v) is 2.30. The van der Waals surface area contributed by atoms with E-state index in [1.54, 1.807) is 17.7 Å². The average molecular weight is 248 g/mol. The minimum absolute atomic E-state index is 0.174. The Morgan fingerprint density at radius 3 is 2.82 bits per heavy atom. The number of nitrogens with one attached hydrogen (secondary N) is 1. The first-order valence-corrected chi connectivity index (χ1v) is 6.50. The van der Waals surface area contributed by atoms with Crippen LogP contribution < -0.4 is 5.32 Å². The van der Waals surface area contributed by atoms with Gasteiger partial charge in [-0.25, -0.2) is 15.0 Å². The van der Waals surface area contributed by atoms with E-state index in [-0.39, 0.29) is 6.04 Å². The summed E-state index contributed by atoms with van der Waals surface area (Å²) in [4.78, 5) is 14.0. The number of aryl methyl sites for hydroxylation is 2. The lowest BCUT2D eigenvalue weighted by Crippen LogP contribution is -2.08. The highest BCUT2D eigenvalue weighted by atomic mass is 32.1. The van der Waals surface area contributed by atoms with Crippen LogP contribution in [0.1, 0.15) is 35.5 Å². The fraction of sp³-hybridized carbons (Fsp3) is 0.417. The fourth-order valence-electron chi connectivity index (χ4n) is 1.53. The van der Waals surface area contributed by atoms with Crippen LogP contribution in [0.25, 0.3) is 0 Å². The molecule has 2 heterocycles. The van der Waals surface area contributed by atoms with Crippen molar-refractivity contribution in [2.24, 2.45) is 0 Å². The highest BCUT2D eigenvalue weighted by Crippen LogP contribution is 2.22. The minimum Gasteiger partial charge on any atom is -0.361 e. The van der Waals surface area contributed by atoms with E-state index in [1.807, 2.05) is 12.3 Å². The van der Waals surface area contributed by atoms with Crippen molar-refractivity contribution in [3.8, 4) is 0 Å². The summed E-state index contributed by atoms with van der Waals surface area (Å²) in [5.74, 6) is 0.859. The highest BCUT2D eigenvalue weighted by Gasteiger charge is 2.09. The Hall–Kier alpha value is -1.49. The maximum atomic E-state index is 4.37. The molecule has 2 aromatic heterocycles. The lowest BCUT2D eigenvalue weighted by atomic mass is 10.3. The van der Waals surface area contributed by atoms with Crippen LogP contribution in [-0.4, -0.2) is 15.0 Å². The first-order chi connectivity index (χ1) is 8.19. The van der Waals surface area contributed by atoms with Crippen molar-refractivity contribution >= 4 is 17.2 Å². The Morgan fingerprint density at radius 2 is 2.18 bits per heavy atom. The molecule has 0 saturated heterocycles. The second kappa shape index (κ2) is 5.23. The highest BCUT2D eigenvalue weighted by molar-refractivity contribution is 7.11. The molecule has 2 aromatic rings. The molecule has 0 saturated carbocycles. The third-order valence-electron chi connectivity index (χ3n) is 2.46. The van der Waals surface area contributed by atoms with Crippen molar-refractivity contribution < 1.29 is 0 Å². The third kappa shape index (κ3) is 3.00. The molecule has 17 heavy (non-hydrogen) atoms. The Balaban J connectivity index is 2.09. The molecule has 0 aromatic carbocycles. The summed E-state index contributed by atoms with van der Waals surface area (Å²) < 4.78 is 0. The van der Waals surface area contributed by atoms with E-state index in [2.05, 4.69) is 41.0 Å². The third-order valence-corrected chi connectivity index (χ3v) is 3.56. The SMILES string of the molecule is CCc1cc(NC(C)c2ncc(C)s2)ncn1. The van der Waals surface area contributed by atoms with Crippen molar-refractivity contribution in [1.29, 1.82) is 0 Å². The summed E-state index contributed by atoms with van der Waals surface area (Å²) in [6.07, 6.45) is 4.42. The molecule has 0 aliphatic rings. The number of hydrogen-bond acceptors (Lipinski definition) is 5. The molecule has 0 aliphatic heterocycles. The van der Waals surface area contributed by atoms with Gasteiger partial charge in [-0.05, 0) is 20.3 Å². The Morgan fingerprint density at radius 1 is 1.35 bits per heavy atom. The van der Waals surface area contributed by atoms with E-state index < -0.39 is 0 Å². The zero-order chi connectivity index (χ0) is 12.3. The van der Waals surface area contributed by atoms with E-state index in [1.165, 1.54) is 4.88 Å². The van der Waals surface area contributed by atoms with Gasteiger partial charge in [0.25, 0.3) is 0 Å².